The summed E-state index contributed by atoms with van der Waals surface area (Å²) in [6, 6.07) is 7.75. The Morgan fingerprint density at radius 2 is 1.69 bits per heavy atom. The summed E-state index contributed by atoms with van der Waals surface area (Å²) in [5.74, 6) is 0.00226. The first-order chi connectivity index (χ1) is 13.3. The average Bonchev–Trinajstić information content (AvgIpc) is 2.59. The summed E-state index contributed by atoms with van der Waals surface area (Å²) in [6.45, 7) is 6.37. The van der Waals surface area contributed by atoms with Gasteiger partial charge >= 0.3 is 5.69 Å². The third kappa shape index (κ3) is 5.52. The Kier molecular flexibility index (Phi) is 6.29. The molecule has 0 unspecified atom stereocenters. The van der Waals surface area contributed by atoms with Gasteiger partial charge < -0.3 is 9.47 Å². The van der Waals surface area contributed by atoms with Crippen LogP contribution in [0.1, 0.15) is 38.1 Å². The van der Waals surface area contributed by atoms with Crippen molar-refractivity contribution in [2.45, 2.75) is 38.1 Å². The highest BCUT2D eigenvalue weighted by Crippen LogP contribution is 2.38. The van der Waals surface area contributed by atoms with E-state index in [0.717, 1.165) is 6.07 Å². The summed E-state index contributed by atoms with van der Waals surface area (Å²) in [5, 5.41) is 11.5. The number of carbonyl (C=O) groups is 1. The number of sulfonamides is 1. The van der Waals surface area contributed by atoms with Gasteiger partial charge in [0, 0.05) is 17.2 Å². The zero-order valence-corrected chi connectivity index (χ0v) is 17.5. The molecule has 0 aliphatic carbocycles. The number of Topliss-reactive ketones (excluding diaryl/α,β-unsaturated/α-hetero) is 1. The predicted octanol–water partition coefficient (Wildman–Crippen LogP) is 3.68. The van der Waals surface area contributed by atoms with Crippen LogP contribution in [0, 0.1) is 10.1 Å². The molecule has 0 saturated carbocycles. The number of nitrogens with zero attached hydrogens (tertiary/aromatic N) is 1. The molecule has 0 amide bonds. The largest absolute Gasteiger partial charge is 0.493 e. The van der Waals surface area contributed by atoms with E-state index in [1.807, 2.05) is 0 Å². The van der Waals surface area contributed by atoms with E-state index in [-0.39, 0.29) is 27.9 Å². The van der Waals surface area contributed by atoms with Crippen molar-refractivity contribution in [2.75, 3.05) is 7.11 Å². The Morgan fingerprint density at radius 3 is 2.21 bits per heavy atom. The molecule has 10 heteroatoms. The lowest BCUT2D eigenvalue weighted by Gasteiger charge is -2.20. The molecule has 0 aromatic heterocycles. The van der Waals surface area contributed by atoms with E-state index in [4.69, 9.17) is 9.47 Å². The van der Waals surface area contributed by atoms with Crippen LogP contribution in [-0.2, 0) is 10.0 Å². The van der Waals surface area contributed by atoms with Crippen LogP contribution in [0.5, 0.6) is 17.2 Å². The number of ketones is 1. The van der Waals surface area contributed by atoms with Crippen LogP contribution < -0.4 is 14.2 Å². The minimum Gasteiger partial charge on any atom is -0.493 e. The number of hydrogen-bond acceptors (Lipinski definition) is 7. The first-order valence-electron chi connectivity index (χ1n) is 8.53. The van der Waals surface area contributed by atoms with Crippen molar-refractivity contribution in [3.63, 3.8) is 0 Å². The summed E-state index contributed by atoms with van der Waals surface area (Å²) >= 11 is 0. The molecule has 0 heterocycles. The van der Waals surface area contributed by atoms with Crippen molar-refractivity contribution < 1.29 is 27.6 Å². The van der Waals surface area contributed by atoms with Gasteiger partial charge in [0.2, 0.25) is 15.8 Å². The maximum Gasteiger partial charge on any atom is 0.312 e. The van der Waals surface area contributed by atoms with Crippen LogP contribution >= 0.6 is 0 Å². The SMILES string of the molecule is COc1cc(C(C)=O)ccc1Oc1ccc(S(=O)(=O)NC(C)(C)C)cc1[N+](=O)[O-]. The fourth-order valence-electron chi connectivity index (χ4n) is 2.44. The van der Waals surface area contributed by atoms with Crippen LogP contribution in [0.4, 0.5) is 5.69 Å². The lowest BCUT2D eigenvalue weighted by atomic mass is 10.1. The van der Waals surface area contributed by atoms with Crippen molar-refractivity contribution in [1.29, 1.82) is 0 Å². The number of hydrogen-bond donors (Lipinski definition) is 1. The van der Waals surface area contributed by atoms with Crippen LogP contribution in [-0.4, -0.2) is 31.8 Å². The van der Waals surface area contributed by atoms with Gasteiger partial charge in [0.15, 0.2) is 17.3 Å². The number of methoxy groups -OCH3 is 1. The molecule has 0 radical (unpaired) electrons. The van der Waals surface area contributed by atoms with E-state index in [9.17, 15) is 23.3 Å². The molecule has 9 nitrogen and oxygen atoms in total. The molecule has 0 saturated heterocycles. The molecule has 0 aliphatic rings. The fraction of sp³-hybridized carbons (Fsp3) is 0.316. The zero-order valence-electron chi connectivity index (χ0n) is 16.7. The van der Waals surface area contributed by atoms with Crippen LogP contribution in [0.25, 0.3) is 0 Å². The van der Waals surface area contributed by atoms with Crippen molar-refractivity contribution >= 4 is 21.5 Å². The third-order valence-corrected chi connectivity index (χ3v) is 5.42. The lowest BCUT2D eigenvalue weighted by molar-refractivity contribution is -0.385. The van der Waals surface area contributed by atoms with Gasteiger partial charge in [-0.3, -0.25) is 14.9 Å². The highest BCUT2D eigenvalue weighted by Gasteiger charge is 2.26. The molecule has 0 bridgehead atoms. The van der Waals surface area contributed by atoms with Crippen LogP contribution in [0.2, 0.25) is 0 Å². The predicted molar refractivity (Wildman–Crippen MR) is 106 cm³/mol. The Morgan fingerprint density at radius 1 is 1.07 bits per heavy atom. The molecule has 0 spiro atoms. The van der Waals surface area contributed by atoms with Crippen LogP contribution in [0.3, 0.4) is 0 Å². The number of ether oxygens (including phenoxy) is 2. The number of rotatable bonds is 7. The molecule has 2 aromatic carbocycles. The van der Waals surface area contributed by atoms with Gasteiger partial charge in [0.25, 0.3) is 0 Å². The zero-order chi connectivity index (χ0) is 22.0. The molecule has 2 aromatic rings. The number of nitro benzene ring substituents is 1. The first-order valence-corrected chi connectivity index (χ1v) is 10.0. The first kappa shape index (κ1) is 22.3. The smallest absolute Gasteiger partial charge is 0.312 e. The summed E-state index contributed by atoms with van der Waals surface area (Å²) in [5.41, 5.74) is -0.896. The maximum absolute atomic E-state index is 12.5. The fourth-order valence-corrected chi connectivity index (χ4v) is 3.88. The quantitative estimate of drug-likeness (QED) is 0.410. The minimum atomic E-state index is -3.96. The van der Waals surface area contributed by atoms with Gasteiger partial charge in [0.1, 0.15) is 0 Å². The van der Waals surface area contributed by atoms with Gasteiger partial charge in [-0.2, -0.15) is 0 Å². The Labute approximate surface area is 168 Å². The number of carbonyl (C=O) groups excluding carboxylic acids is 1. The van der Waals surface area contributed by atoms with E-state index in [0.29, 0.717) is 5.56 Å². The van der Waals surface area contributed by atoms with Crippen molar-refractivity contribution in [2.24, 2.45) is 0 Å². The maximum atomic E-state index is 12.5. The molecular weight excluding hydrogens is 400 g/mol. The summed E-state index contributed by atoms with van der Waals surface area (Å²) in [4.78, 5) is 22.0. The molecule has 156 valence electrons. The highest BCUT2D eigenvalue weighted by atomic mass is 32.2. The van der Waals surface area contributed by atoms with Gasteiger partial charge in [0.05, 0.1) is 16.9 Å². The van der Waals surface area contributed by atoms with E-state index in [2.05, 4.69) is 4.72 Å². The van der Waals surface area contributed by atoms with Crippen molar-refractivity contribution in [3.8, 4) is 17.2 Å². The monoisotopic (exact) mass is 422 g/mol. The summed E-state index contributed by atoms with van der Waals surface area (Å²) in [6.07, 6.45) is 0. The normalized spacial score (nSPS) is 11.8. The van der Waals surface area contributed by atoms with E-state index < -0.39 is 26.2 Å². The van der Waals surface area contributed by atoms with E-state index >= 15 is 0 Å². The van der Waals surface area contributed by atoms with E-state index in [1.54, 1.807) is 20.8 Å². The van der Waals surface area contributed by atoms with Gasteiger partial charge in [-0.1, -0.05) is 0 Å². The number of nitrogens with one attached hydrogen (secondary N) is 1. The molecule has 0 aliphatic heterocycles. The van der Waals surface area contributed by atoms with Crippen molar-refractivity contribution in [1.82, 2.24) is 4.72 Å². The molecule has 2 rings (SSSR count). The molecule has 0 atom stereocenters. The Balaban J connectivity index is 2.48. The second-order valence-electron chi connectivity index (χ2n) is 7.27. The van der Waals surface area contributed by atoms with Crippen molar-refractivity contribution in [3.05, 3.63) is 52.1 Å². The van der Waals surface area contributed by atoms with E-state index in [1.165, 1.54) is 44.4 Å². The standard InChI is InChI=1S/C19H22N2O7S/c1-12(22)13-6-8-17(18(10-13)27-5)28-16-9-7-14(11-15(16)21(23)24)29(25,26)20-19(2,3)4/h6-11,20H,1-5H3. The number of nitro groups is 1. The van der Waals surface area contributed by atoms with Gasteiger partial charge in [-0.15, -0.1) is 0 Å². The van der Waals surface area contributed by atoms with Gasteiger partial charge in [-0.25, -0.2) is 13.1 Å². The third-order valence-electron chi connectivity index (χ3n) is 3.67. The molecular formula is C19H22N2O7S. The second kappa shape index (κ2) is 8.18. The molecule has 0 fully saturated rings. The summed E-state index contributed by atoms with van der Waals surface area (Å²) in [7, 11) is -2.59. The molecule has 1 N–H and O–H groups in total. The Bertz CT molecular complexity index is 1060. The second-order valence-corrected chi connectivity index (χ2v) is 8.95. The lowest BCUT2D eigenvalue weighted by Crippen LogP contribution is -2.40. The minimum absolute atomic E-state index is 0.143. The topological polar surface area (TPSA) is 125 Å². The highest BCUT2D eigenvalue weighted by molar-refractivity contribution is 7.89. The number of benzene rings is 2. The average molecular weight is 422 g/mol. The summed E-state index contributed by atoms with van der Waals surface area (Å²) < 4.78 is 38.2. The van der Waals surface area contributed by atoms with Crippen LogP contribution in [0.15, 0.2) is 41.3 Å². The molecule has 29 heavy (non-hydrogen) atoms. The van der Waals surface area contributed by atoms with Gasteiger partial charge in [-0.05, 0) is 58.0 Å². The Hall–Kier alpha value is -2.98.